The predicted octanol–water partition coefficient (Wildman–Crippen LogP) is 3.00. The summed E-state index contributed by atoms with van der Waals surface area (Å²) in [6.07, 6.45) is 1.95. The number of benzene rings is 1. The van der Waals surface area contributed by atoms with Crippen LogP contribution in [-0.2, 0) is 5.60 Å². The molecule has 0 aliphatic heterocycles. The van der Waals surface area contributed by atoms with Crippen molar-refractivity contribution in [3.05, 3.63) is 35.9 Å². The Morgan fingerprint density at radius 3 is 2.44 bits per heavy atom. The molecule has 0 spiro atoms. The molecule has 0 aliphatic carbocycles. The van der Waals surface area contributed by atoms with E-state index >= 15 is 0 Å². The van der Waals surface area contributed by atoms with Gasteiger partial charge >= 0.3 is 0 Å². The van der Waals surface area contributed by atoms with Gasteiger partial charge < -0.3 is 10.8 Å². The first-order valence-electron chi connectivity index (χ1n) is 6.64. The summed E-state index contributed by atoms with van der Waals surface area (Å²) in [5.74, 6) is 2.86. The van der Waals surface area contributed by atoms with E-state index in [2.05, 4.69) is 13.8 Å². The zero-order valence-corrected chi connectivity index (χ0v) is 12.2. The molecule has 0 saturated heterocycles. The first kappa shape index (κ1) is 15.5. The van der Waals surface area contributed by atoms with E-state index < -0.39 is 5.60 Å². The van der Waals surface area contributed by atoms with E-state index in [9.17, 15) is 5.11 Å². The molecule has 0 fully saturated rings. The van der Waals surface area contributed by atoms with Crippen LogP contribution in [0.2, 0.25) is 0 Å². The highest BCUT2D eigenvalue weighted by atomic mass is 32.2. The van der Waals surface area contributed by atoms with Crippen molar-refractivity contribution < 1.29 is 5.11 Å². The molecule has 2 nitrogen and oxygen atoms in total. The number of thioether (sulfide) groups is 1. The first-order chi connectivity index (χ1) is 8.58. The lowest BCUT2D eigenvalue weighted by molar-refractivity contribution is 0.0431. The van der Waals surface area contributed by atoms with E-state index in [1.807, 2.05) is 42.1 Å². The summed E-state index contributed by atoms with van der Waals surface area (Å²) in [5.41, 5.74) is 5.80. The molecule has 102 valence electrons. The van der Waals surface area contributed by atoms with Crippen molar-refractivity contribution in [1.82, 2.24) is 0 Å². The van der Waals surface area contributed by atoms with Crippen LogP contribution in [-0.4, -0.2) is 23.2 Å². The smallest absolute Gasteiger partial charge is 0.103 e. The zero-order valence-electron chi connectivity index (χ0n) is 11.4. The molecule has 1 aromatic rings. The molecule has 1 rings (SSSR count). The maximum absolute atomic E-state index is 10.6. The zero-order chi connectivity index (χ0) is 13.4. The van der Waals surface area contributed by atoms with Crippen molar-refractivity contribution in [2.45, 2.75) is 32.3 Å². The summed E-state index contributed by atoms with van der Waals surface area (Å²) < 4.78 is 0. The summed E-state index contributed by atoms with van der Waals surface area (Å²) in [7, 11) is 0. The van der Waals surface area contributed by atoms with Gasteiger partial charge in [0.25, 0.3) is 0 Å². The molecule has 1 atom stereocenters. The molecule has 3 N–H and O–H groups in total. The second-order valence-electron chi connectivity index (χ2n) is 5.15. The Bertz CT molecular complexity index is 329. The fourth-order valence-electron chi connectivity index (χ4n) is 1.77. The second kappa shape index (κ2) is 7.82. The van der Waals surface area contributed by atoms with Crippen LogP contribution in [0.5, 0.6) is 0 Å². The van der Waals surface area contributed by atoms with Gasteiger partial charge in [-0.15, -0.1) is 0 Å². The summed E-state index contributed by atoms with van der Waals surface area (Å²) in [4.78, 5) is 0. The lowest BCUT2D eigenvalue weighted by Crippen LogP contribution is -2.35. The van der Waals surface area contributed by atoms with E-state index in [-0.39, 0.29) is 6.54 Å². The first-order valence-corrected chi connectivity index (χ1v) is 7.79. The molecule has 3 heteroatoms. The van der Waals surface area contributed by atoms with Gasteiger partial charge in [0.1, 0.15) is 5.60 Å². The molecule has 0 amide bonds. The molecular formula is C15H25NOS. The van der Waals surface area contributed by atoms with Gasteiger partial charge in [0.05, 0.1) is 0 Å². The van der Waals surface area contributed by atoms with Crippen molar-refractivity contribution >= 4 is 11.8 Å². The molecule has 18 heavy (non-hydrogen) atoms. The van der Waals surface area contributed by atoms with E-state index in [1.54, 1.807) is 0 Å². The van der Waals surface area contributed by atoms with Gasteiger partial charge in [0.2, 0.25) is 0 Å². The highest BCUT2D eigenvalue weighted by Crippen LogP contribution is 2.26. The van der Waals surface area contributed by atoms with Gasteiger partial charge in [-0.1, -0.05) is 44.2 Å². The minimum atomic E-state index is -0.869. The van der Waals surface area contributed by atoms with Crippen molar-refractivity contribution in [1.29, 1.82) is 0 Å². The Balaban J connectivity index is 2.42. The second-order valence-corrected chi connectivity index (χ2v) is 6.37. The number of nitrogens with two attached hydrogens (primary N) is 1. The Labute approximate surface area is 115 Å². The van der Waals surface area contributed by atoms with E-state index in [1.165, 1.54) is 6.42 Å². The molecule has 0 bridgehead atoms. The number of rotatable bonds is 8. The highest BCUT2D eigenvalue weighted by molar-refractivity contribution is 7.99. The maximum atomic E-state index is 10.6. The molecular weight excluding hydrogens is 242 g/mol. The fourth-order valence-corrected chi connectivity index (χ4v) is 3.10. The molecule has 1 aromatic carbocycles. The van der Waals surface area contributed by atoms with Crippen molar-refractivity contribution in [2.75, 3.05) is 18.1 Å². The van der Waals surface area contributed by atoms with Gasteiger partial charge in [-0.05, 0) is 35.8 Å². The van der Waals surface area contributed by atoms with Crippen LogP contribution < -0.4 is 5.73 Å². The molecule has 0 aliphatic rings. The molecule has 0 saturated carbocycles. The van der Waals surface area contributed by atoms with Gasteiger partial charge in [0, 0.05) is 6.54 Å². The normalized spacial score (nSPS) is 14.7. The van der Waals surface area contributed by atoms with Gasteiger partial charge in [0.15, 0.2) is 0 Å². The maximum Gasteiger partial charge on any atom is 0.103 e. The molecule has 1 unspecified atom stereocenters. The van der Waals surface area contributed by atoms with E-state index in [4.69, 9.17) is 5.73 Å². The summed E-state index contributed by atoms with van der Waals surface area (Å²) >= 11 is 1.90. The minimum absolute atomic E-state index is 0.280. The Kier molecular flexibility index (Phi) is 6.76. The van der Waals surface area contributed by atoms with Gasteiger partial charge in [-0.2, -0.15) is 11.8 Å². The van der Waals surface area contributed by atoms with Crippen LogP contribution in [0.1, 0.15) is 32.3 Å². The number of aliphatic hydroxyl groups is 1. The topological polar surface area (TPSA) is 46.2 Å². The largest absolute Gasteiger partial charge is 0.384 e. The third-order valence-electron chi connectivity index (χ3n) is 3.15. The Morgan fingerprint density at radius 2 is 1.89 bits per heavy atom. The van der Waals surface area contributed by atoms with Gasteiger partial charge in [-0.3, -0.25) is 0 Å². The number of hydrogen-bond acceptors (Lipinski definition) is 3. The highest BCUT2D eigenvalue weighted by Gasteiger charge is 2.26. The summed E-state index contributed by atoms with van der Waals surface area (Å²) in [6, 6.07) is 9.75. The van der Waals surface area contributed by atoms with Crippen LogP contribution >= 0.6 is 11.8 Å². The van der Waals surface area contributed by atoms with Crippen LogP contribution in [0, 0.1) is 5.92 Å². The Morgan fingerprint density at radius 1 is 1.22 bits per heavy atom. The third-order valence-corrected chi connectivity index (χ3v) is 4.17. The van der Waals surface area contributed by atoms with E-state index in [0.717, 1.165) is 29.4 Å². The molecule has 0 radical (unpaired) electrons. The fraction of sp³-hybridized carbons (Fsp3) is 0.600. The SMILES string of the molecule is CC(C)CCSCCC(O)(CN)c1ccccc1. The summed E-state index contributed by atoms with van der Waals surface area (Å²) in [5, 5.41) is 10.6. The van der Waals surface area contributed by atoms with Crippen molar-refractivity contribution in [3.8, 4) is 0 Å². The monoisotopic (exact) mass is 267 g/mol. The summed E-state index contributed by atoms with van der Waals surface area (Å²) in [6.45, 7) is 4.75. The average Bonchev–Trinajstić information content (AvgIpc) is 2.38. The van der Waals surface area contributed by atoms with Crippen LogP contribution in [0.15, 0.2) is 30.3 Å². The van der Waals surface area contributed by atoms with Crippen LogP contribution in [0.4, 0.5) is 0 Å². The van der Waals surface area contributed by atoms with Gasteiger partial charge in [-0.25, -0.2) is 0 Å². The molecule has 0 heterocycles. The van der Waals surface area contributed by atoms with Crippen molar-refractivity contribution in [3.63, 3.8) is 0 Å². The number of hydrogen-bond donors (Lipinski definition) is 2. The molecule has 0 aromatic heterocycles. The lowest BCUT2D eigenvalue weighted by Gasteiger charge is -2.27. The standard InChI is InChI=1S/C15H25NOS/c1-13(2)8-10-18-11-9-15(17,12-16)14-6-4-3-5-7-14/h3-7,13,17H,8-12,16H2,1-2H3. The van der Waals surface area contributed by atoms with E-state index in [0.29, 0.717) is 0 Å². The predicted molar refractivity (Wildman–Crippen MR) is 80.8 cm³/mol. The minimum Gasteiger partial charge on any atom is -0.384 e. The average molecular weight is 267 g/mol. The Hall–Kier alpha value is -0.510. The van der Waals surface area contributed by atoms with Crippen LogP contribution in [0.3, 0.4) is 0 Å². The lowest BCUT2D eigenvalue weighted by atomic mass is 9.91. The quantitative estimate of drug-likeness (QED) is 0.712. The third kappa shape index (κ3) is 5.01. The van der Waals surface area contributed by atoms with Crippen molar-refractivity contribution in [2.24, 2.45) is 11.7 Å². The van der Waals surface area contributed by atoms with Crippen LogP contribution in [0.25, 0.3) is 0 Å².